The van der Waals surface area contributed by atoms with Crippen LogP contribution in [-0.4, -0.2) is 31.1 Å². The van der Waals surface area contributed by atoms with E-state index in [1.807, 2.05) is 38.1 Å². The molecule has 0 saturated carbocycles. The van der Waals surface area contributed by atoms with Gasteiger partial charge >= 0.3 is 5.97 Å². The number of carbonyl (C=O) groups is 2. The molecule has 0 radical (unpaired) electrons. The zero-order valence-electron chi connectivity index (χ0n) is 12.8. The molecule has 2 N–H and O–H groups in total. The summed E-state index contributed by atoms with van der Waals surface area (Å²) in [6.45, 7) is 1.82. The Morgan fingerprint density at radius 1 is 1.00 bits per heavy atom. The Kier molecular flexibility index (Phi) is 4.46. The molecule has 0 aromatic heterocycles. The van der Waals surface area contributed by atoms with Crippen molar-refractivity contribution in [1.82, 2.24) is 0 Å². The van der Waals surface area contributed by atoms with E-state index in [0.29, 0.717) is 11.3 Å². The SMILES string of the molecule is Cc1ccc(C(=O)O)cc1NC(=O)c1ccc(N(C)C)cc1. The van der Waals surface area contributed by atoms with Gasteiger partial charge in [-0.3, -0.25) is 4.79 Å². The van der Waals surface area contributed by atoms with Gasteiger partial charge in [-0.15, -0.1) is 0 Å². The van der Waals surface area contributed by atoms with Crippen molar-refractivity contribution in [1.29, 1.82) is 0 Å². The summed E-state index contributed by atoms with van der Waals surface area (Å²) in [5, 5.41) is 11.8. The fourth-order valence-corrected chi connectivity index (χ4v) is 2.00. The predicted octanol–water partition coefficient (Wildman–Crippen LogP) is 3.01. The van der Waals surface area contributed by atoms with Gasteiger partial charge in [-0.05, 0) is 48.9 Å². The third-order valence-corrected chi connectivity index (χ3v) is 3.38. The summed E-state index contributed by atoms with van der Waals surface area (Å²) in [5.41, 5.74) is 2.97. The molecule has 0 saturated heterocycles. The maximum Gasteiger partial charge on any atom is 0.335 e. The van der Waals surface area contributed by atoms with E-state index in [1.54, 1.807) is 18.2 Å². The lowest BCUT2D eigenvalue weighted by molar-refractivity contribution is 0.0696. The maximum absolute atomic E-state index is 12.3. The van der Waals surface area contributed by atoms with Crippen molar-refractivity contribution in [3.8, 4) is 0 Å². The number of carbonyl (C=O) groups excluding carboxylic acids is 1. The lowest BCUT2D eigenvalue weighted by Crippen LogP contribution is -2.14. The number of hydrogen-bond donors (Lipinski definition) is 2. The summed E-state index contributed by atoms with van der Waals surface area (Å²) in [6, 6.07) is 11.8. The molecule has 2 rings (SSSR count). The smallest absolute Gasteiger partial charge is 0.335 e. The number of amides is 1. The second-order valence-electron chi connectivity index (χ2n) is 5.23. The highest BCUT2D eigenvalue weighted by atomic mass is 16.4. The number of anilines is 2. The first-order valence-corrected chi connectivity index (χ1v) is 6.81. The first-order valence-electron chi connectivity index (χ1n) is 6.81. The van der Waals surface area contributed by atoms with Crippen LogP contribution < -0.4 is 10.2 Å². The minimum Gasteiger partial charge on any atom is -0.478 e. The Morgan fingerprint density at radius 3 is 2.14 bits per heavy atom. The number of nitrogens with one attached hydrogen (secondary N) is 1. The number of rotatable bonds is 4. The third-order valence-electron chi connectivity index (χ3n) is 3.38. The highest BCUT2D eigenvalue weighted by Crippen LogP contribution is 2.19. The highest BCUT2D eigenvalue weighted by molar-refractivity contribution is 6.05. The van der Waals surface area contributed by atoms with Crippen molar-refractivity contribution < 1.29 is 14.7 Å². The van der Waals surface area contributed by atoms with E-state index in [4.69, 9.17) is 5.11 Å². The fraction of sp³-hybridized carbons (Fsp3) is 0.176. The first kappa shape index (κ1) is 15.6. The number of benzene rings is 2. The van der Waals surface area contributed by atoms with E-state index >= 15 is 0 Å². The molecule has 5 heteroatoms. The minimum atomic E-state index is -1.02. The Balaban J connectivity index is 2.21. The highest BCUT2D eigenvalue weighted by Gasteiger charge is 2.11. The van der Waals surface area contributed by atoms with Gasteiger partial charge in [0.1, 0.15) is 0 Å². The first-order chi connectivity index (χ1) is 10.4. The van der Waals surface area contributed by atoms with Crippen molar-refractivity contribution >= 4 is 23.3 Å². The van der Waals surface area contributed by atoms with E-state index in [9.17, 15) is 9.59 Å². The predicted molar refractivity (Wildman–Crippen MR) is 86.9 cm³/mol. The number of hydrogen-bond acceptors (Lipinski definition) is 3. The lowest BCUT2D eigenvalue weighted by atomic mass is 10.1. The van der Waals surface area contributed by atoms with Gasteiger partial charge in [0.05, 0.1) is 5.56 Å². The van der Waals surface area contributed by atoms with Gasteiger partial charge in [-0.2, -0.15) is 0 Å². The number of carboxylic acid groups (broad SMARTS) is 1. The molecule has 2 aromatic carbocycles. The van der Waals surface area contributed by atoms with Gasteiger partial charge in [0.15, 0.2) is 0 Å². The van der Waals surface area contributed by atoms with E-state index in [0.717, 1.165) is 11.3 Å². The van der Waals surface area contributed by atoms with Crippen LogP contribution in [-0.2, 0) is 0 Å². The molecule has 0 aliphatic carbocycles. The summed E-state index contributed by atoms with van der Waals surface area (Å²) in [4.78, 5) is 25.2. The number of nitrogens with zero attached hydrogens (tertiary/aromatic N) is 1. The zero-order valence-corrected chi connectivity index (χ0v) is 12.8. The van der Waals surface area contributed by atoms with E-state index in [-0.39, 0.29) is 11.5 Å². The van der Waals surface area contributed by atoms with Gasteiger partial charge in [0, 0.05) is 31.0 Å². The number of aryl methyl sites for hydroxylation is 1. The van der Waals surface area contributed by atoms with E-state index < -0.39 is 5.97 Å². The van der Waals surface area contributed by atoms with Gasteiger partial charge < -0.3 is 15.3 Å². The summed E-state index contributed by atoms with van der Waals surface area (Å²) in [6.07, 6.45) is 0. The van der Waals surface area contributed by atoms with Crippen molar-refractivity contribution in [2.24, 2.45) is 0 Å². The quantitative estimate of drug-likeness (QED) is 0.910. The van der Waals surface area contributed by atoms with E-state index in [2.05, 4.69) is 5.32 Å². The molecule has 0 heterocycles. The lowest BCUT2D eigenvalue weighted by Gasteiger charge is -2.13. The summed E-state index contributed by atoms with van der Waals surface area (Å²) in [7, 11) is 3.85. The van der Waals surface area contributed by atoms with Crippen molar-refractivity contribution in [3.05, 3.63) is 59.2 Å². The summed E-state index contributed by atoms with van der Waals surface area (Å²) in [5.74, 6) is -1.29. The Bertz CT molecular complexity index is 706. The fourth-order valence-electron chi connectivity index (χ4n) is 2.00. The zero-order chi connectivity index (χ0) is 16.3. The van der Waals surface area contributed by atoms with Crippen LogP contribution in [0.4, 0.5) is 11.4 Å². The third kappa shape index (κ3) is 3.44. The average molecular weight is 298 g/mol. The largest absolute Gasteiger partial charge is 0.478 e. The molecule has 0 aliphatic heterocycles. The molecule has 22 heavy (non-hydrogen) atoms. The topological polar surface area (TPSA) is 69.6 Å². The molecule has 0 fully saturated rings. The van der Waals surface area contributed by atoms with Crippen LogP contribution >= 0.6 is 0 Å². The Labute approximate surface area is 129 Å². The van der Waals surface area contributed by atoms with Gasteiger partial charge in [0.2, 0.25) is 0 Å². The minimum absolute atomic E-state index is 0.142. The Hall–Kier alpha value is -2.82. The normalized spacial score (nSPS) is 10.1. The monoisotopic (exact) mass is 298 g/mol. The van der Waals surface area contributed by atoms with Gasteiger partial charge in [-0.1, -0.05) is 6.07 Å². The van der Waals surface area contributed by atoms with Crippen LogP contribution in [0.25, 0.3) is 0 Å². The molecule has 1 amide bonds. The standard InChI is InChI=1S/C17H18N2O3/c1-11-4-5-13(17(21)22)10-15(11)18-16(20)12-6-8-14(9-7-12)19(2)3/h4-10H,1-3H3,(H,18,20)(H,21,22). The van der Waals surface area contributed by atoms with Crippen LogP contribution in [0.15, 0.2) is 42.5 Å². The molecule has 0 bridgehead atoms. The summed E-state index contributed by atoms with van der Waals surface area (Å²) < 4.78 is 0. The Morgan fingerprint density at radius 2 is 1.59 bits per heavy atom. The molecule has 0 spiro atoms. The molecular weight excluding hydrogens is 280 g/mol. The van der Waals surface area contributed by atoms with Crippen LogP contribution in [0.1, 0.15) is 26.3 Å². The van der Waals surface area contributed by atoms with Crippen LogP contribution in [0.5, 0.6) is 0 Å². The number of aromatic carboxylic acids is 1. The van der Waals surface area contributed by atoms with Crippen LogP contribution in [0, 0.1) is 6.92 Å². The number of carboxylic acids is 1. The molecular formula is C17H18N2O3. The molecule has 2 aromatic rings. The molecule has 5 nitrogen and oxygen atoms in total. The second-order valence-corrected chi connectivity index (χ2v) is 5.23. The van der Waals surface area contributed by atoms with Crippen LogP contribution in [0.2, 0.25) is 0 Å². The van der Waals surface area contributed by atoms with Crippen molar-refractivity contribution in [2.45, 2.75) is 6.92 Å². The molecule has 114 valence electrons. The molecule has 0 atom stereocenters. The average Bonchev–Trinajstić information content (AvgIpc) is 2.49. The van der Waals surface area contributed by atoms with E-state index in [1.165, 1.54) is 12.1 Å². The molecule has 0 aliphatic rings. The second kappa shape index (κ2) is 6.30. The van der Waals surface area contributed by atoms with Gasteiger partial charge in [-0.25, -0.2) is 4.79 Å². The maximum atomic E-state index is 12.3. The molecule has 0 unspecified atom stereocenters. The summed E-state index contributed by atoms with van der Waals surface area (Å²) >= 11 is 0. The van der Waals surface area contributed by atoms with Crippen molar-refractivity contribution in [2.75, 3.05) is 24.3 Å². The van der Waals surface area contributed by atoms with Crippen LogP contribution in [0.3, 0.4) is 0 Å². The van der Waals surface area contributed by atoms with Crippen molar-refractivity contribution in [3.63, 3.8) is 0 Å². The van der Waals surface area contributed by atoms with Gasteiger partial charge in [0.25, 0.3) is 5.91 Å².